The summed E-state index contributed by atoms with van der Waals surface area (Å²) in [6, 6.07) is 19.4. The Bertz CT molecular complexity index is 1070. The molecule has 2 aromatic carbocycles. The lowest BCUT2D eigenvalue weighted by Gasteiger charge is -2.13. The van der Waals surface area contributed by atoms with Crippen LogP contribution in [0.5, 0.6) is 0 Å². The zero-order valence-corrected chi connectivity index (χ0v) is 19.7. The Morgan fingerprint density at radius 1 is 0.969 bits per heavy atom. The van der Waals surface area contributed by atoms with Crippen molar-refractivity contribution in [1.82, 2.24) is 5.32 Å². The Balaban J connectivity index is 1.39. The van der Waals surface area contributed by atoms with Gasteiger partial charge >= 0.3 is 0 Å². The van der Waals surface area contributed by atoms with Crippen LogP contribution in [0.3, 0.4) is 0 Å². The van der Waals surface area contributed by atoms with Gasteiger partial charge in [0.25, 0.3) is 0 Å². The van der Waals surface area contributed by atoms with Gasteiger partial charge in [0, 0.05) is 37.0 Å². The highest BCUT2D eigenvalue weighted by atomic mass is 32.2. The van der Waals surface area contributed by atoms with E-state index in [4.69, 9.17) is 9.47 Å². The molecule has 1 aliphatic rings. The Labute approximate surface area is 195 Å². The summed E-state index contributed by atoms with van der Waals surface area (Å²) >= 11 is 1.83. The molecule has 1 aliphatic heterocycles. The van der Waals surface area contributed by atoms with E-state index in [1.807, 2.05) is 18.8 Å². The molecule has 4 rings (SSSR count). The number of nitrogens with one attached hydrogen (secondary N) is 1. The Kier molecular flexibility index (Phi) is 8.18. The lowest BCUT2D eigenvalue weighted by Crippen LogP contribution is -2.35. The average molecular weight is 451 g/mol. The molecule has 1 N–H and O–H groups in total. The van der Waals surface area contributed by atoms with Crippen molar-refractivity contribution in [2.24, 2.45) is 0 Å². The van der Waals surface area contributed by atoms with Gasteiger partial charge in [0.15, 0.2) is 12.7 Å². The van der Waals surface area contributed by atoms with Gasteiger partial charge in [-0.15, -0.1) is 0 Å². The third-order valence-electron chi connectivity index (χ3n) is 5.57. The molecule has 0 fully saturated rings. The third-order valence-corrected chi connectivity index (χ3v) is 6.73. The molecule has 5 nitrogen and oxygen atoms in total. The number of benzene rings is 2. The van der Waals surface area contributed by atoms with E-state index in [9.17, 15) is 0 Å². The summed E-state index contributed by atoms with van der Waals surface area (Å²) in [6.45, 7) is 4.57. The molecular weight excluding hydrogens is 418 g/mol. The van der Waals surface area contributed by atoms with Gasteiger partial charge in [0.2, 0.25) is 5.52 Å². The van der Waals surface area contributed by atoms with Gasteiger partial charge in [-0.25, -0.2) is 0 Å². The number of rotatable bonds is 11. The third kappa shape index (κ3) is 5.51. The summed E-state index contributed by atoms with van der Waals surface area (Å²) in [6.07, 6.45) is 5.47. The summed E-state index contributed by atoms with van der Waals surface area (Å²) in [7, 11) is 4.07. The summed E-state index contributed by atoms with van der Waals surface area (Å²) in [4.78, 5) is 3.58. The Morgan fingerprint density at radius 3 is 2.59 bits per heavy atom. The standard InChI is InChI=1S/C26H32N3O2S/c1-27-13-17-31-19-18-30-16-7-14-29-15-12-21(22-8-3-4-9-23(22)29)20-26-28(2)24-10-5-6-11-25(24)32-26/h3-6,8-12,15,20,27H,7,13-14,16-19H2,1-2H3/q+1. The van der Waals surface area contributed by atoms with Crippen molar-refractivity contribution in [2.75, 3.05) is 52.0 Å². The smallest absolute Gasteiger partial charge is 0.213 e. The molecule has 2 heterocycles. The van der Waals surface area contributed by atoms with Crippen molar-refractivity contribution in [3.05, 3.63) is 71.4 Å². The minimum absolute atomic E-state index is 0.648. The van der Waals surface area contributed by atoms with Crippen LogP contribution in [-0.2, 0) is 16.0 Å². The second-order valence-electron chi connectivity index (χ2n) is 7.77. The van der Waals surface area contributed by atoms with Crippen LogP contribution in [0.2, 0.25) is 0 Å². The van der Waals surface area contributed by atoms with Crippen molar-refractivity contribution in [3.8, 4) is 0 Å². The predicted octanol–water partition coefficient (Wildman–Crippen LogP) is 4.31. The van der Waals surface area contributed by atoms with Crippen LogP contribution in [-0.4, -0.2) is 47.1 Å². The molecule has 6 heteroatoms. The second-order valence-corrected chi connectivity index (χ2v) is 8.84. The molecule has 0 radical (unpaired) electrons. The normalized spacial score (nSPS) is 14.4. The zero-order valence-electron chi connectivity index (χ0n) is 18.9. The van der Waals surface area contributed by atoms with E-state index in [1.165, 1.54) is 32.1 Å². The van der Waals surface area contributed by atoms with E-state index in [2.05, 4.69) is 88.7 Å². The SMILES string of the molecule is CNCCOCCOCCC[n+]1ccc(/C=C2\Sc3ccccc3N2C)c2ccccc21. The Morgan fingerprint density at radius 2 is 1.75 bits per heavy atom. The van der Waals surface area contributed by atoms with E-state index >= 15 is 0 Å². The minimum atomic E-state index is 0.648. The van der Waals surface area contributed by atoms with Gasteiger partial charge in [-0.3, -0.25) is 0 Å². The van der Waals surface area contributed by atoms with E-state index in [0.717, 1.165) is 32.7 Å². The number of anilines is 1. The fourth-order valence-electron chi connectivity index (χ4n) is 3.84. The number of nitrogens with zero attached hydrogens (tertiary/aromatic N) is 2. The minimum Gasteiger partial charge on any atom is -0.379 e. The maximum atomic E-state index is 5.73. The number of hydrogen-bond donors (Lipinski definition) is 1. The molecular formula is C26H32N3O2S+. The number of likely N-dealkylation sites (N-methyl/N-ethyl adjacent to an activating group) is 1. The Hall–Kier alpha value is -2.38. The first-order chi connectivity index (χ1) is 15.8. The molecule has 0 saturated carbocycles. The molecule has 0 unspecified atom stereocenters. The monoisotopic (exact) mass is 450 g/mol. The van der Waals surface area contributed by atoms with Gasteiger partial charge < -0.3 is 19.7 Å². The van der Waals surface area contributed by atoms with Crippen molar-refractivity contribution >= 4 is 34.4 Å². The molecule has 32 heavy (non-hydrogen) atoms. The van der Waals surface area contributed by atoms with Crippen LogP contribution >= 0.6 is 11.8 Å². The van der Waals surface area contributed by atoms with Gasteiger partial charge in [-0.2, -0.15) is 4.57 Å². The van der Waals surface area contributed by atoms with E-state index < -0.39 is 0 Å². The molecule has 3 aromatic rings. The summed E-state index contributed by atoms with van der Waals surface area (Å²) in [5.41, 5.74) is 3.76. The number of hydrogen-bond acceptors (Lipinski definition) is 5. The van der Waals surface area contributed by atoms with Gasteiger partial charge in [0.05, 0.1) is 42.5 Å². The van der Waals surface area contributed by atoms with E-state index in [0.29, 0.717) is 13.2 Å². The van der Waals surface area contributed by atoms with Crippen LogP contribution in [0.25, 0.3) is 17.0 Å². The molecule has 0 aliphatic carbocycles. The quantitative estimate of drug-likeness (QED) is 0.348. The van der Waals surface area contributed by atoms with Crippen LogP contribution in [0.4, 0.5) is 5.69 Å². The first kappa shape index (κ1) is 22.8. The largest absolute Gasteiger partial charge is 0.379 e. The zero-order chi connectivity index (χ0) is 22.2. The number of pyridine rings is 1. The van der Waals surface area contributed by atoms with Gasteiger partial charge in [-0.1, -0.05) is 36.0 Å². The lowest BCUT2D eigenvalue weighted by molar-refractivity contribution is -0.672. The first-order valence-electron chi connectivity index (χ1n) is 11.2. The fourth-order valence-corrected chi connectivity index (χ4v) is 4.94. The van der Waals surface area contributed by atoms with Gasteiger partial charge in [-0.05, 0) is 36.9 Å². The molecule has 1 aromatic heterocycles. The molecule has 0 spiro atoms. The maximum absolute atomic E-state index is 5.73. The van der Waals surface area contributed by atoms with E-state index in [-0.39, 0.29) is 0 Å². The lowest BCUT2D eigenvalue weighted by atomic mass is 10.1. The highest BCUT2D eigenvalue weighted by Gasteiger charge is 2.22. The summed E-state index contributed by atoms with van der Waals surface area (Å²) in [5, 5.41) is 5.59. The fraction of sp³-hybridized carbons (Fsp3) is 0.346. The number of thioether (sulfide) groups is 1. The summed E-state index contributed by atoms with van der Waals surface area (Å²) in [5.74, 6) is 0. The summed E-state index contributed by atoms with van der Waals surface area (Å²) < 4.78 is 13.5. The topological polar surface area (TPSA) is 37.6 Å². The number of para-hydroxylation sites is 2. The second kappa shape index (κ2) is 11.5. The first-order valence-corrected chi connectivity index (χ1v) is 12.0. The number of aryl methyl sites for hydroxylation is 1. The van der Waals surface area contributed by atoms with Crippen molar-refractivity contribution in [1.29, 1.82) is 0 Å². The molecule has 0 bridgehead atoms. The molecule has 168 valence electrons. The van der Waals surface area contributed by atoms with Crippen LogP contribution in [0.1, 0.15) is 12.0 Å². The predicted molar refractivity (Wildman–Crippen MR) is 133 cm³/mol. The average Bonchev–Trinajstić information content (AvgIpc) is 3.14. The molecule has 0 atom stereocenters. The van der Waals surface area contributed by atoms with Crippen molar-refractivity contribution in [2.45, 2.75) is 17.9 Å². The molecule has 0 saturated heterocycles. The van der Waals surface area contributed by atoms with Crippen molar-refractivity contribution < 1.29 is 14.0 Å². The van der Waals surface area contributed by atoms with Crippen LogP contribution in [0.15, 0.2) is 70.7 Å². The van der Waals surface area contributed by atoms with Gasteiger partial charge in [0.1, 0.15) is 0 Å². The van der Waals surface area contributed by atoms with Crippen LogP contribution < -0.4 is 14.8 Å². The number of ether oxygens (including phenoxy) is 2. The van der Waals surface area contributed by atoms with Crippen LogP contribution in [0, 0.1) is 0 Å². The number of fused-ring (bicyclic) bond motifs is 2. The highest BCUT2D eigenvalue weighted by Crippen LogP contribution is 2.45. The highest BCUT2D eigenvalue weighted by molar-refractivity contribution is 8.03. The molecule has 0 amide bonds. The maximum Gasteiger partial charge on any atom is 0.213 e. The van der Waals surface area contributed by atoms with E-state index in [1.54, 1.807) is 0 Å². The van der Waals surface area contributed by atoms with Crippen molar-refractivity contribution in [3.63, 3.8) is 0 Å². The number of aromatic nitrogens is 1.